The van der Waals surface area contributed by atoms with E-state index in [2.05, 4.69) is 4.72 Å². The van der Waals surface area contributed by atoms with Crippen LogP contribution in [0.3, 0.4) is 0 Å². The van der Waals surface area contributed by atoms with Gasteiger partial charge in [-0.1, -0.05) is 12.5 Å². The Labute approximate surface area is 143 Å². The van der Waals surface area contributed by atoms with E-state index in [1.165, 1.54) is 6.92 Å². The topological polar surface area (TPSA) is 92.5 Å². The molecule has 24 heavy (non-hydrogen) atoms. The molecule has 1 aromatic carbocycles. The fourth-order valence-electron chi connectivity index (χ4n) is 3.79. The van der Waals surface area contributed by atoms with E-state index < -0.39 is 10.0 Å². The van der Waals surface area contributed by atoms with Crippen LogP contribution in [-0.2, 0) is 21.2 Å². The molecular weight excluding hydrogens is 326 g/mol. The van der Waals surface area contributed by atoms with Gasteiger partial charge in [-0.15, -0.1) is 0 Å². The minimum Gasteiger partial charge on any atom is -0.330 e. The molecule has 2 atom stereocenters. The number of carbonyl (C=O) groups excluding carboxylic acids is 1. The molecule has 1 aliphatic heterocycles. The largest absolute Gasteiger partial charge is 0.330 e. The van der Waals surface area contributed by atoms with Crippen LogP contribution in [0.4, 0.5) is 5.69 Å². The maximum atomic E-state index is 12.8. The van der Waals surface area contributed by atoms with E-state index in [1.807, 2.05) is 6.07 Å². The van der Waals surface area contributed by atoms with E-state index in [0.29, 0.717) is 13.1 Å². The van der Waals surface area contributed by atoms with Gasteiger partial charge in [-0.05, 0) is 55.8 Å². The molecule has 0 radical (unpaired) electrons. The van der Waals surface area contributed by atoms with Crippen molar-refractivity contribution in [3.05, 3.63) is 23.8 Å². The zero-order valence-corrected chi connectivity index (χ0v) is 14.8. The molecule has 2 aliphatic rings. The maximum absolute atomic E-state index is 12.8. The average molecular weight is 351 g/mol. The Bertz CT molecular complexity index is 733. The Kier molecular flexibility index (Phi) is 4.94. The summed E-state index contributed by atoms with van der Waals surface area (Å²) in [6.45, 7) is 2.64. The predicted molar refractivity (Wildman–Crippen MR) is 93.3 cm³/mol. The number of sulfonamides is 1. The number of rotatable bonds is 4. The van der Waals surface area contributed by atoms with Crippen LogP contribution in [0, 0.1) is 5.92 Å². The monoisotopic (exact) mass is 351 g/mol. The predicted octanol–water partition coefficient (Wildman–Crippen LogP) is 1.39. The summed E-state index contributed by atoms with van der Waals surface area (Å²) in [5.41, 5.74) is 7.49. The van der Waals surface area contributed by atoms with E-state index >= 15 is 0 Å². The van der Waals surface area contributed by atoms with Gasteiger partial charge in [0.05, 0.1) is 4.90 Å². The fraction of sp³-hybridized carbons (Fsp3) is 0.588. The maximum Gasteiger partial charge on any atom is 0.240 e. The number of fused-ring (bicyclic) bond motifs is 1. The molecule has 1 fully saturated rings. The summed E-state index contributed by atoms with van der Waals surface area (Å²) in [6.07, 6.45) is 4.55. The zero-order chi connectivity index (χ0) is 17.3. The minimum atomic E-state index is -3.61. The van der Waals surface area contributed by atoms with Gasteiger partial charge >= 0.3 is 0 Å². The van der Waals surface area contributed by atoms with Crippen LogP contribution in [0.1, 0.15) is 38.2 Å². The molecule has 0 unspecified atom stereocenters. The molecule has 1 aromatic rings. The second kappa shape index (κ2) is 6.82. The Morgan fingerprint density at radius 1 is 1.33 bits per heavy atom. The Balaban J connectivity index is 1.89. The molecule has 0 aromatic heterocycles. The van der Waals surface area contributed by atoms with Crippen molar-refractivity contribution < 1.29 is 13.2 Å². The molecule has 1 amide bonds. The molecular formula is C17H25N3O3S. The van der Waals surface area contributed by atoms with Crippen LogP contribution in [0.5, 0.6) is 0 Å². The highest BCUT2D eigenvalue weighted by Crippen LogP contribution is 2.31. The quantitative estimate of drug-likeness (QED) is 0.857. The smallest absolute Gasteiger partial charge is 0.240 e. The molecule has 3 N–H and O–H groups in total. The minimum absolute atomic E-state index is 0.0579. The van der Waals surface area contributed by atoms with Gasteiger partial charge < -0.3 is 10.6 Å². The number of nitrogens with two attached hydrogens (primary N) is 1. The molecule has 1 aliphatic carbocycles. The van der Waals surface area contributed by atoms with Crippen LogP contribution in [0.2, 0.25) is 0 Å². The van der Waals surface area contributed by atoms with Gasteiger partial charge in [-0.3, -0.25) is 4.79 Å². The third-order valence-corrected chi connectivity index (χ3v) is 6.62. The lowest BCUT2D eigenvalue weighted by atomic mass is 10.0. The average Bonchev–Trinajstić information content (AvgIpc) is 3.00. The van der Waals surface area contributed by atoms with Crippen LogP contribution in [0.15, 0.2) is 23.1 Å². The lowest BCUT2D eigenvalue weighted by molar-refractivity contribution is -0.116. The van der Waals surface area contributed by atoms with E-state index in [9.17, 15) is 13.2 Å². The van der Waals surface area contributed by atoms with Crippen LogP contribution < -0.4 is 15.4 Å². The van der Waals surface area contributed by atoms with Crippen molar-refractivity contribution >= 4 is 21.6 Å². The Morgan fingerprint density at radius 3 is 2.83 bits per heavy atom. The summed E-state index contributed by atoms with van der Waals surface area (Å²) >= 11 is 0. The number of anilines is 1. The lowest BCUT2D eigenvalue weighted by Crippen LogP contribution is -2.40. The van der Waals surface area contributed by atoms with Gasteiger partial charge in [0.25, 0.3) is 0 Å². The number of hydrogen-bond donors (Lipinski definition) is 2. The molecule has 7 heteroatoms. The van der Waals surface area contributed by atoms with Crippen LogP contribution >= 0.6 is 0 Å². The van der Waals surface area contributed by atoms with Gasteiger partial charge in [0.15, 0.2) is 0 Å². The Hall–Kier alpha value is -1.44. The number of benzene rings is 1. The van der Waals surface area contributed by atoms with Gasteiger partial charge in [0, 0.05) is 25.2 Å². The summed E-state index contributed by atoms with van der Waals surface area (Å²) in [6, 6.07) is 5.00. The van der Waals surface area contributed by atoms with E-state index in [-0.39, 0.29) is 22.8 Å². The third-order valence-electron chi connectivity index (χ3n) is 5.13. The van der Waals surface area contributed by atoms with E-state index in [1.54, 1.807) is 17.0 Å². The van der Waals surface area contributed by atoms with Gasteiger partial charge in [-0.2, -0.15) is 0 Å². The first-order valence-corrected chi connectivity index (χ1v) is 10.0. The lowest BCUT2D eigenvalue weighted by Gasteiger charge is -2.29. The summed E-state index contributed by atoms with van der Waals surface area (Å²) in [7, 11) is -3.61. The fourth-order valence-corrected chi connectivity index (χ4v) is 5.15. The van der Waals surface area contributed by atoms with Crippen molar-refractivity contribution in [2.24, 2.45) is 11.7 Å². The van der Waals surface area contributed by atoms with E-state index in [4.69, 9.17) is 5.73 Å². The van der Waals surface area contributed by atoms with Crippen molar-refractivity contribution in [2.45, 2.75) is 50.0 Å². The molecule has 132 valence electrons. The van der Waals surface area contributed by atoms with Crippen LogP contribution in [0.25, 0.3) is 0 Å². The highest BCUT2D eigenvalue weighted by atomic mass is 32.2. The molecule has 1 heterocycles. The second-order valence-electron chi connectivity index (χ2n) is 6.72. The van der Waals surface area contributed by atoms with E-state index in [0.717, 1.165) is 43.4 Å². The second-order valence-corrected chi connectivity index (χ2v) is 8.43. The van der Waals surface area contributed by atoms with Crippen molar-refractivity contribution in [3.8, 4) is 0 Å². The summed E-state index contributed by atoms with van der Waals surface area (Å²) in [5.74, 6) is 0.142. The highest BCUT2D eigenvalue weighted by Gasteiger charge is 2.31. The number of nitrogens with one attached hydrogen (secondary N) is 1. The van der Waals surface area contributed by atoms with Crippen molar-refractivity contribution in [3.63, 3.8) is 0 Å². The van der Waals surface area contributed by atoms with Gasteiger partial charge in [-0.25, -0.2) is 13.1 Å². The summed E-state index contributed by atoms with van der Waals surface area (Å²) in [5, 5.41) is 0. The normalized spacial score (nSPS) is 24.0. The van der Waals surface area contributed by atoms with Gasteiger partial charge in [0.1, 0.15) is 0 Å². The molecule has 0 bridgehead atoms. The van der Waals surface area contributed by atoms with Crippen molar-refractivity contribution in [1.29, 1.82) is 0 Å². The standard InChI is InChI=1S/C17H25N3O3S/c1-12(21)20-9-3-5-13-7-8-15(10-17(13)20)24(22,23)19-16-6-2-4-14(16)11-18/h7-8,10,14,16,19H,2-6,9,11,18H2,1H3/t14-,16-/m0/s1. The first kappa shape index (κ1) is 17.4. The first-order chi connectivity index (χ1) is 11.4. The molecule has 6 nitrogen and oxygen atoms in total. The first-order valence-electron chi connectivity index (χ1n) is 8.56. The third kappa shape index (κ3) is 3.34. The molecule has 0 saturated heterocycles. The van der Waals surface area contributed by atoms with Crippen molar-refractivity contribution in [1.82, 2.24) is 4.72 Å². The van der Waals surface area contributed by atoms with Crippen LogP contribution in [-0.4, -0.2) is 33.5 Å². The summed E-state index contributed by atoms with van der Waals surface area (Å²) in [4.78, 5) is 13.7. The number of hydrogen-bond acceptors (Lipinski definition) is 4. The number of aryl methyl sites for hydroxylation is 1. The molecule has 1 saturated carbocycles. The Morgan fingerprint density at radius 2 is 2.12 bits per heavy atom. The SMILES string of the molecule is CC(=O)N1CCCc2ccc(S(=O)(=O)N[C@H]3CCC[C@H]3CN)cc21. The molecule has 0 spiro atoms. The number of nitrogens with zero attached hydrogens (tertiary/aromatic N) is 1. The number of amides is 1. The zero-order valence-electron chi connectivity index (χ0n) is 14.0. The summed E-state index contributed by atoms with van der Waals surface area (Å²) < 4.78 is 28.3. The number of carbonyl (C=O) groups is 1. The highest BCUT2D eigenvalue weighted by molar-refractivity contribution is 7.89. The van der Waals surface area contributed by atoms with Gasteiger partial charge in [0.2, 0.25) is 15.9 Å². The van der Waals surface area contributed by atoms with Crippen molar-refractivity contribution in [2.75, 3.05) is 18.0 Å². The molecule has 3 rings (SSSR count).